The molecular weight excluding hydrogens is 212 g/mol. The van der Waals surface area contributed by atoms with Gasteiger partial charge in [-0.2, -0.15) is 0 Å². The largest absolute Gasteiger partial charge is 0.261 e. The Balaban J connectivity index is 2.11. The maximum atomic E-state index is 4.36. The molecule has 0 unspecified atom stereocenters. The molecule has 2 aromatic rings. The molecule has 0 bridgehead atoms. The van der Waals surface area contributed by atoms with Gasteiger partial charge in [-0.25, -0.2) is 15.0 Å². The quantitative estimate of drug-likeness (QED) is 0.783. The van der Waals surface area contributed by atoms with Gasteiger partial charge in [0, 0.05) is 23.7 Å². The number of aliphatic imine (C=N–C) groups is 1. The van der Waals surface area contributed by atoms with E-state index >= 15 is 0 Å². The number of rotatable bonds is 2. The van der Waals surface area contributed by atoms with Crippen LogP contribution >= 0.6 is 0 Å². The second-order valence-corrected chi connectivity index (χ2v) is 3.67. The molecule has 0 aliphatic carbocycles. The summed E-state index contributed by atoms with van der Waals surface area (Å²) in [4.78, 5) is 16.6. The molecule has 1 aliphatic heterocycles. The van der Waals surface area contributed by atoms with Crippen molar-refractivity contribution in [1.29, 1.82) is 0 Å². The van der Waals surface area contributed by atoms with Crippen molar-refractivity contribution in [2.24, 2.45) is 4.99 Å². The number of hydrogen-bond acceptors (Lipinski definition) is 4. The summed E-state index contributed by atoms with van der Waals surface area (Å²) >= 11 is 0. The Hall–Kier alpha value is -2.36. The highest BCUT2D eigenvalue weighted by Gasteiger charge is 2.12. The van der Waals surface area contributed by atoms with Crippen molar-refractivity contribution >= 4 is 5.71 Å². The van der Waals surface area contributed by atoms with Crippen LogP contribution in [0.25, 0.3) is 11.4 Å². The molecule has 4 nitrogen and oxygen atoms in total. The summed E-state index contributed by atoms with van der Waals surface area (Å²) in [5.74, 6) is 0.685. The topological polar surface area (TPSA) is 51.0 Å². The summed E-state index contributed by atoms with van der Waals surface area (Å²) in [7, 11) is 0. The van der Waals surface area contributed by atoms with Gasteiger partial charge in [-0.3, -0.25) is 4.99 Å². The normalized spacial score (nSPS) is 13.8. The van der Waals surface area contributed by atoms with Crippen LogP contribution in [-0.2, 0) is 0 Å². The smallest absolute Gasteiger partial charge is 0.163 e. The lowest BCUT2D eigenvalue weighted by molar-refractivity contribution is 1.05. The van der Waals surface area contributed by atoms with Crippen LogP contribution in [0.1, 0.15) is 12.0 Å². The lowest BCUT2D eigenvalue weighted by atomic mass is 10.0. The van der Waals surface area contributed by atoms with Gasteiger partial charge in [0.1, 0.15) is 12.7 Å². The van der Waals surface area contributed by atoms with E-state index in [0.29, 0.717) is 5.82 Å². The van der Waals surface area contributed by atoms with Gasteiger partial charge in [0.25, 0.3) is 0 Å². The first kappa shape index (κ1) is 9.84. The zero-order chi connectivity index (χ0) is 11.5. The van der Waals surface area contributed by atoms with E-state index in [1.54, 1.807) is 0 Å². The molecule has 0 N–H and O–H groups in total. The number of aromatic nitrogens is 3. The second-order valence-electron chi connectivity index (χ2n) is 3.67. The third-order valence-corrected chi connectivity index (χ3v) is 2.62. The van der Waals surface area contributed by atoms with E-state index in [0.717, 1.165) is 23.3 Å². The fourth-order valence-electron chi connectivity index (χ4n) is 1.85. The van der Waals surface area contributed by atoms with Crippen molar-refractivity contribution in [3.63, 3.8) is 0 Å². The van der Waals surface area contributed by atoms with Gasteiger partial charge in [0.05, 0.1) is 5.71 Å². The molecule has 0 saturated carbocycles. The molecule has 0 atom stereocenters. The van der Waals surface area contributed by atoms with Crippen LogP contribution in [0.5, 0.6) is 0 Å². The maximum absolute atomic E-state index is 4.36. The molecule has 1 aromatic heterocycles. The fraction of sp³-hybridized carbons (Fsp3) is 0.0769. The summed E-state index contributed by atoms with van der Waals surface area (Å²) in [6.45, 7) is 0. The van der Waals surface area contributed by atoms with Crippen molar-refractivity contribution in [1.82, 2.24) is 15.0 Å². The number of nitrogens with zero attached hydrogens (tertiary/aromatic N) is 4. The van der Waals surface area contributed by atoms with Crippen molar-refractivity contribution in [3.05, 3.63) is 54.8 Å². The molecule has 2 heterocycles. The number of allylic oxidation sites excluding steroid dienone is 1. The summed E-state index contributed by atoms with van der Waals surface area (Å²) in [6.07, 6.45) is 7.75. The third-order valence-electron chi connectivity index (χ3n) is 2.62. The van der Waals surface area contributed by atoms with Gasteiger partial charge in [-0.1, -0.05) is 30.3 Å². The van der Waals surface area contributed by atoms with Gasteiger partial charge in [-0.05, 0) is 0 Å². The lowest BCUT2D eigenvalue weighted by Gasteiger charge is -2.07. The molecule has 0 spiro atoms. The van der Waals surface area contributed by atoms with E-state index in [-0.39, 0.29) is 0 Å². The van der Waals surface area contributed by atoms with E-state index in [4.69, 9.17) is 0 Å². The molecule has 0 radical (unpaired) electrons. The number of benzene rings is 1. The Morgan fingerprint density at radius 2 is 1.71 bits per heavy atom. The Morgan fingerprint density at radius 3 is 2.41 bits per heavy atom. The maximum Gasteiger partial charge on any atom is 0.163 e. The van der Waals surface area contributed by atoms with Gasteiger partial charge in [0.15, 0.2) is 5.82 Å². The Morgan fingerprint density at radius 1 is 0.941 bits per heavy atom. The highest BCUT2D eigenvalue weighted by molar-refractivity contribution is 6.07. The van der Waals surface area contributed by atoms with Gasteiger partial charge >= 0.3 is 0 Å². The Kier molecular flexibility index (Phi) is 2.46. The lowest BCUT2D eigenvalue weighted by Crippen LogP contribution is -2.01. The Labute approximate surface area is 98.8 Å². The van der Waals surface area contributed by atoms with E-state index < -0.39 is 0 Å². The minimum absolute atomic E-state index is 0.685. The molecule has 0 fully saturated rings. The van der Waals surface area contributed by atoms with Crippen LogP contribution in [0.15, 0.2) is 54.2 Å². The molecule has 3 rings (SSSR count). The molecule has 0 amide bonds. The van der Waals surface area contributed by atoms with Crippen molar-refractivity contribution in [2.75, 3.05) is 0 Å². The first-order chi connectivity index (χ1) is 8.45. The molecule has 17 heavy (non-hydrogen) atoms. The molecule has 0 saturated heterocycles. The van der Waals surface area contributed by atoms with Crippen molar-refractivity contribution in [2.45, 2.75) is 6.42 Å². The first-order valence-corrected chi connectivity index (χ1v) is 5.38. The van der Waals surface area contributed by atoms with Crippen LogP contribution < -0.4 is 0 Å². The zero-order valence-electron chi connectivity index (χ0n) is 9.11. The van der Waals surface area contributed by atoms with Crippen LogP contribution in [-0.4, -0.2) is 20.7 Å². The highest BCUT2D eigenvalue weighted by atomic mass is 15.0. The first-order valence-electron chi connectivity index (χ1n) is 5.38. The summed E-state index contributed by atoms with van der Waals surface area (Å²) in [5.41, 5.74) is 3.14. The zero-order valence-corrected chi connectivity index (χ0v) is 9.11. The minimum atomic E-state index is 0.685. The predicted molar refractivity (Wildman–Crippen MR) is 65.6 cm³/mol. The standard InChI is InChI=1S/C13H10N4/c1-2-5-11(13-16-8-14-9-17-13)10(4-1)12-6-3-7-15-12/h1-5,7-9H,6H2. The fourth-order valence-corrected chi connectivity index (χ4v) is 1.85. The molecular formula is C13H10N4. The average Bonchev–Trinajstić information content (AvgIpc) is 2.94. The van der Waals surface area contributed by atoms with E-state index in [1.807, 2.05) is 36.5 Å². The van der Waals surface area contributed by atoms with Crippen LogP contribution in [0, 0.1) is 0 Å². The average molecular weight is 222 g/mol. The van der Waals surface area contributed by atoms with Crippen LogP contribution in [0.4, 0.5) is 0 Å². The van der Waals surface area contributed by atoms with Crippen LogP contribution in [0.3, 0.4) is 0 Å². The second kappa shape index (κ2) is 4.25. The summed E-state index contributed by atoms with van der Waals surface area (Å²) < 4.78 is 0. The predicted octanol–water partition coefficient (Wildman–Crippen LogP) is 2.25. The van der Waals surface area contributed by atoms with E-state index in [9.17, 15) is 0 Å². The molecule has 4 heteroatoms. The molecule has 1 aliphatic rings. The molecule has 82 valence electrons. The van der Waals surface area contributed by atoms with Crippen LogP contribution in [0.2, 0.25) is 0 Å². The number of hydrogen-bond donors (Lipinski definition) is 0. The Bertz CT molecular complexity index is 587. The van der Waals surface area contributed by atoms with E-state index in [1.165, 1.54) is 12.7 Å². The van der Waals surface area contributed by atoms with Crippen molar-refractivity contribution in [3.8, 4) is 11.4 Å². The monoisotopic (exact) mass is 222 g/mol. The SMILES string of the molecule is C1=CN=C(c2ccccc2-c2ncncn2)C1. The minimum Gasteiger partial charge on any atom is -0.261 e. The van der Waals surface area contributed by atoms with E-state index in [2.05, 4.69) is 19.9 Å². The van der Waals surface area contributed by atoms with Crippen molar-refractivity contribution < 1.29 is 0 Å². The molecule has 1 aromatic carbocycles. The van der Waals surface area contributed by atoms with Gasteiger partial charge in [-0.15, -0.1) is 0 Å². The third kappa shape index (κ3) is 1.85. The van der Waals surface area contributed by atoms with Gasteiger partial charge in [0.2, 0.25) is 0 Å². The highest BCUT2D eigenvalue weighted by Crippen LogP contribution is 2.22. The summed E-state index contributed by atoms with van der Waals surface area (Å²) in [6, 6.07) is 8.03. The van der Waals surface area contributed by atoms with Gasteiger partial charge < -0.3 is 0 Å². The summed E-state index contributed by atoms with van der Waals surface area (Å²) in [5, 5.41) is 0.